The normalized spacial score (nSPS) is 26.4. The molecule has 4 rings (SSSR count). The summed E-state index contributed by atoms with van der Waals surface area (Å²) >= 11 is 0. The zero-order valence-corrected chi connectivity index (χ0v) is 12.8. The van der Waals surface area contributed by atoms with Gasteiger partial charge in [-0.3, -0.25) is 0 Å². The molecule has 1 aliphatic heterocycles. The van der Waals surface area contributed by atoms with Crippen LogP contribution in [-0.4, -0.2) is 34.1 Å². The Labute approximate surface area is 130 Å². The van der Waals surface area contributed by atoms with Gasteiger partial charge < -0.3 is 15.7 Å². The summed E-state index contributed by atoms with van der Waals surface area (Å²) < 4.78 is 2.05. The predicted octanol–water partition coefficient (Wildman–Crippen LogP) is 1.48. The molecule has 1 aromatic heterocycles. The minimum Gasteiger partial charge on any atom is -0.391 e. The Morgan fingerprint density at radius 3 is 3.18 bits per heavy atom. The molecule has 0 saturated carbocycles. The zero-order chi connectivity index (χ0) is 15.1. The molecular weight excluding hydrogens is 276 g/mol. The van der Waals surface area contributed by atoms with Crippen LogP contribution in [0.2, 0.25) is 0 Å². The molecule has 3 N–H and O–H groups in total. The van der Waals surface area contributed by atoms with Crippen LogP contribution in [0, 0.1) is 12.8 Å². The van der Waals surface area contributed by atoms with Crippen LogP contribution in [-0.2, 0) is 13.0 Å². The van der Waals surface area contributed by atoms with E-state index in [1.807, 2.05) is 23.7 Å². The second-order valence-electron chi connectivity index (χ2n) is 6.46. The third-order valence-electron chi connectivity index (χ3n) is 4.74. The van der Waals surface area contributed by atoms with Gasteiger partial charge in [0.05, 0.1) is 17.8 Å². The number of aromatic nitrogens is 2. The number of nitrogens with one attached hydrogen (secondary N) is 2. The standard InChI is InChI=1S/C17H22N4O/c1-11-6-16-18-8-12(10-21(16)20-11)9-19-17-14-5-3-2-4-13(14)7-15(17)22/h2-6,12,15,17-19,22H,7-10H2,1H3/t12-,15-,17+/m0/s1. The van der Waals surface area contributed by atoms with Crippen molar-refractivity contribution in [2.24, 2.45) is 5.92 Å². The van der Waals surface area contributed by atoms with E-state index < -0.39 is 0 Å². The van der Waals surface area contributed by atoms with Crippen LogP contribution in [0.3, 0.4) is 0 Å². The topological polar surface area (TPSA) is 62.1 Å². The molecule has 5 heteroatoms. The molecule has 1 aromatic carbocycles. The number of aliphatic hydroxyl groups is 1. The first kappa shape index (κ1) is 13.8. The summed E-state index contributed by atoms with van der Waals surface area (Å²) in [7, 11) is 0. The number of aliphatic hydroxyl groups excluding tert-OH is 1. The summed E-state index contributed by atoms with van der Waals surface area (Å²) in [5.74, 6) is 1.59. The van der Waals surface area contributed by atoms with Gasteiger partial charge in [0.1, 0.15) is 5.82 Å². The van der Waals surface area contributed by atoms with Crippen LogP contribution >= 0.6 is 0 Å². The van der Waals surface area contributed by atoms with Crippen LogP contribution in [0.25, 0.3) is 0 Å². The highest BCUT2D eigenvalue weighted by atomic mass is 16.3. The Morgan fingerprint density at radius 2 is 2.27 bits per heavy atom. The lowest BCUT2D eigenvalue weighted by atomic mass is 10.0. The van der Waals surface area contributed by atoms with Crippen molar-refractivity contribution < 1.29 is 5.11 Å². The van der Waals surface area contributed by atoms with E-state index in [2.05, 4.69) is 33.9 Å². The average Bonchev–Trinajstić information content (AvgIpc) is 3.03. The molecule has 3 atom stereocenters. The molecule has 0 spiro atoms. The Kier molecular flexibility index (Phi) is 3.39. The largest absolute Gasteiger partial charge is 0.391 e. The molecule has 0 bridgehead atoms. The molecule has 0 radical (unpaired) electrons. The van der Waals surface area contributed by atoms with Crippen molar-refractivity contribution in [3.8, 4) is 0 Å². The summed E-state index contributed by atoms with van der Waals surface area (Å²) in [5.41, 5.74) is 3.56. The lowest BCUT2D eigenvalue weighted by Gasteiger charge is -2.27. The maximum Gasteiger partial charge on any atom is 0.124 e. The molecule has 1 aliphatic carbocycles. The Morgan fingerprint density at radius 1 is 1.41 bits per heavy atom. The molecule has 0 fully saturated rings. The average molecular weight is 298 g/mol. The third-order valence-corrected chi connectivity index (χ3v) is 4.74. The van der Waals surface area contributed by atoms with E-state index in [4.69, 9.17) is 0 Å². The third kappa shape index (κ3) is 2.40. The van der Waals surface area contributed by atoms with Crippen molar-refractivity contribution in [1.29, 1.82) is 0 Å². The molecular formula is C17H22N4O. The van der Waals surface area contributed by atoms with Crippen LogP contribution in [0.15, 0.2) is 30.3 Å². The molecule has 0 unspecified atom stereocenters. The van der Waals surface area contributed by atoms with Gasteiger partial charge in [-0.2, -0.15) is 5.10 Å². The van der Waals surface area contributed by atoms with Gasteiger partial charge in [0, 0.05) is 38.0 Å². The van der Waals surface area contributed by atoms with Crippen molar-refractivity contribution in [1.82, 2.24) is 15.1 Å². The van der Waals surface area contributed by atoms with Gasteiger partial charge in [-0.05, 0) is 18.1 Å². The number of nitrogens with zero attached hydrogens (tertiary/aromatic N) is 2. The van der Waals surface area contributed by atoms with E-state index >= 15 is 0 Å². The monoisotopic (exact) mass is 298 g/mol. The van der Waals surface area contributed by atoms with Gasteiger partial charge in [-0.15, -0.1) is 0 Å². The van der Waals surface area contributed by atoms with Gasteiger partial charge in [0.2, 0.25) is 0 Å². The van der Waals surface area contributed by atoms with Gasteiger partial charge in [-0.25, -0.2) is 4.68 Å². The van der Waals surface area contributed by atoms with E-state index in [-0.39, 0.29) is 12.1 Å². The molecule has 22 heavy (non-hydrogen) atoms. The van der Waals surface area contributed by atoms with E-state index in [1.165, 1.54) is 11.1 Å². The zero-order valence-electron chi connectivity index (χ0n) is 12.8. The Bertz CT molecular complexity index is 681. The van der Waals surface area contributed by atoms with Crippen molar-refractivity contribution in [2.75, 3.05) is 18.4 Å². The van der Waals surface area contributed by atoms with Crippen LogP contribution in [0.5, 0.6) is 0 Å². The Hall–Kier alpha value is -1.85. The van der Waals surface area contributed by atoms with Crippen molar-refractivity contribution in [3.63, 3.8) is 0 Å². The first-order chi connectivity index (χ1) is 10.7. The number of aryl methyl sites for hydroxylation is 1. The molecule has 2 aliphatic rings. The van der Waals surface area contributed by atoms with E-state index in [1.54, 1.807) is 0 Å². The molecule has 5 nitrogen and oxygen atoms in total. The van der Waals surface area contributed by atoms with Crippen LogP contribution in [0.1, 0.15) is 22.9 Å². The van der Waals surface area contributed by atoms with Gasteiger partial charge in [0.15, 0.2) is 0 Å². The number of hydrogen-bond acceptors (Lipinski definition) is 4. The minimum atomic E-state index is -0.323. The van der Waals surface area contributed by atoms with Gasteiger partial charge >= 0.3 is 0 Å². The van der Waals surface area contributed by atoms with Crippen LogP contribution < -0.4 is 10.6 Å². The smallest absolute Gasteiger partial charge is 0.124 e. The highest BCUT2D eigenvalue weighted by Gasteiger charge is 2.31. The number of hydrogen-bond donors (Lipinski definition) is 3. The van der Waals surface area contributed by atoms with Crippen molar-refractivity contribution in [2.45, 2.75) is 32.0 Å². The highest BCUT2D eigenvalue weighted by molar-refractivity contribution is 5.39. The molecule has 2 heterocycles. The fourth-order valence-corrected chi connectivity index (χ4v) is 3.64. The Balaban J connectivity index is 1.41. The highest BCUT2D eigenvalue weighted by Crippen LogP contribution is 2.31. The molecule has 0 saturated heterocycles. The maximum absolute atomic E-state index is 10.3. The van der Waals surface area contributed by atoms with E-state index in [9.17, 15) is 5.11 Å². The summed E-state index contributed by atoms with van der Waals surface area (Å²) in [5, 5.41) is 21.8. The molecule has 116 valence electrons. The van der Waals surface area contributed by atoms with Crippen molar-refractivity contribution in [3.05, 3.63) is 47.2 Å². The lowest BCUT2D eigenvalue weighted by Crippen LogP contribution is -2.38. The summed E-state index contributed by atoms with van der Waals surface area (Å²) in [6.07, 6.45) is 0.427. The van der Waals surface area contributed by atoms with Gasteiger partial charge in [-0.1, -0.05) is 24.3 Å². The fraction of sp³-hybridized carbons (Fsp3) is 0.471. The first-order valence-corrected chi connectivity index (χ1v) is 7.98. The lowest BCUT2D eigenvalue weighted by molar-refractivity contribution is 0.138. The van der Waals surface area contributed by atoms with E-state index in [0.717, 1.165) is 37.6 Å². The van der Waals surface area contributed by atoms with Gasteiger partial charge in [0.25, 0.3) is 0 Å². The quantitative estimate of drug-likeness (QED) is 0.803. The molecule has 0 amide bonds. The predicted molar refractivity (Wildman–Crippen MR) is 85.8 cm³/mol. The van der Waals surface area contributed by atoms with Crippen molar-refractivity contribution >= 4 is 5.82 Å². The first-order valence-electron chi connectivity index (χ1n) is 7.98. The number of benzene rings is 1. The minimum absolute atomic E-state index is 0.0527. The number of rotatable bonds is 3. The fourth-order valence-electron chi connectivity index (χ4n) is 3.64. The summed E-state index contributed by atoms with van der Waals surface area (Å²) in [4.78, 5) is 0. The maximum atomic E-state index is 10.3. The number of anilines is 1. The molecule has 2 aromatic rings. The second-order valence-corrected chi connectivity index (χ2v) is 6.46. The van der Waals surface area contributed by atoms with E-state index in [0.29, 0.717) is 5.92 Å². The number of fused-ring (bicyclic) bond motifs is 2. The van der Waals surface area contributed by atoms with Crippen LogP contribution in [0.4, 0.5) is 5.82 Å². The summed E-state index contributed by atoms with van der Waals surface area (Å²) in [6.45, 7) is 4.77. The summed E-state index contributed by atoms with van der Waals surface area (Å²) in [6, 6.07) is 10.5. The SMILES string of the molecule is Cc1cc2n(n1)C[C@H](CN[C@@H]1c3ccccc3C[C@@H]1O)CN2. The second kappa shape index (κ2) is 5.41.